The first-order valence-electron chi connectivity index (χ1n) is 7.95. The van der Waals surface area contributed by atoms with Crippen molar-refractivity contribution < 1.29 is 14.7 Å². The Morgan fingerprint density at radius 1 is 0.950 bits per heavy atom. The minimum atomic E-state index is -0.764. The second kappa shape index (κ2) is 5.62. The summed E-state index contributed by atoms with van der Waals surface area (Å²) in [6.45, 7) is 1.97. The molecule has 0 aromatic rings. The topological polar surface area (TPSA) is 60.9 Å². The third kappa shape index (κ3) is 2.50. The van der Waals surface area contributed by atoms with E-state index >= 15 is 0 Å². The number of carboxylic acids is 1. The number of carbonyl (C=O) groups excluding carboxylic acids is 1. The van der Waals surface area contributed by atoms with E-state index in [2.05, 4.69) is 0 Å². The van der Waals surface area contributed by atoms with Crippen molar-refractivity contribution in [2.45, 2.75) is 51.0 Å². The van der Waals surface area contributed by atoms with Crippen LogP contribution in [0.5, 0.6) is 0 Å². The summed E-state index contributed by atoms with van der Waals surface area (Å²) in [6.07, 6.45) is 7.55. The number of piperidine rings is 1. The van der Waals surface area contributed by atoms with Crippen LogP contribution in [0.3, 0.4) is 0 Å². The summed E-state index contributed by atoms with van der Waals surface area (Å²) >= 11 is 0. The monoisotopic (exact) mass is 280 g/mol. The Bertz CT molecular complexity index is 399. The number of carbonyl (C=O) groups is 2. The minimum Gasteiger partial charge on any atom is -0.481 e. The molecule has 2 saturated heterocycles. The zero-order chi connectivity index (χ0) is 14.1. The molecule has 1 saturated carbocycles. The van der Waals surface area contributed by atoms with Crippen molar-refractivity contribution in [2.24, 2.45) is 11.8 Å². The van der Waals surface area contributed by atoms with Crippen molar-refractivity contribution in [3.05, 3.63) is 0 Å². The predicted molar refractivity (Wildman–Crippen MR) is 74.4 cm³/mol. The van der Waals surface area contributed by atoms with Crippen LogP contribution in [0, 0.1) is 11.8 Å². The average molecular weight is 280 g/mol. The average Bonchev–Trinajstić information content (AvgIpc) is 2.90. The van der Waals surface area contributed by atoms with Gasteiger partial charge >= 0.3 is 12.0 Å². The quantitative estimate of drug-likeness (QED) is 0.800. The highest BCUT2D eigenvalue weighted by Gasteiger charge is 2.40. The maximum Gasteiger partial charge on any atom is 0.320 e. The molecule has 3 atom stereocenters. The molecule has 1 aliphatic carbocycles. The van der Waals surface area contributed by atoms with Gasteiger partial charge in [0.15, 0.2) is 0 Å². The molecule has 5 heteroatoms. The Morgan fingerprint density at radius 2 is 1.75 bits per heavy atom. The number of amides is 2. The highest BCUT2D eigenvalue weighted by molar-refractivity contribution is 5.77. The van der Waals surface area contributed by atoms with E-state index in [4.69, 9.17) is 5.11 Å². The van der Waals surface area contributed by atoms with E-state index in [1.54, 1.807) is 4.90 Å². The Hall–Kier alpha value is -1.26. The highest BCUT2D eigenvalue weighted by Crippen LogP contribution is 2.37. The fourth-order valence-corrected chi connectivity index (χ4v) is 4.18. The Labute approximate surface area is 119 Å². The van der Waals surface area contributed by atoms with E-state index < -0.39 is 5.97 Å². The van der Waals surface area contributed by atoms with Crippen LogP contribution in [-0.2, 0) is 4.79 Å². The van der Waals surface area contributed by atoms with Gasteiger partial charge in [0.05, 0.1) is 5.92 Å². The van der Waals surface area contributed by atoms with Gasteiger partial charge in [-0.05, 0) is 38.0 Å². The molecule has 0 radical (unpaired) electrons. The normalized spacial score (nSPS) is 33.9. The van der Waals surface area contributed by atoms with E-state index in [1.807, 2.05) is 4.90 Å². The Balaban J connectivity index is 1.64. The summed E-state index contributed by atoms with van der Waals surface area (Å²) in [7, 11) is 0. The van der Waals surface area contributed by atoms with Crippen molar-refractivity contribution in [1.29, 1.82) is 0 Å². The van der Waals surface area contributed by atoms with Crippen molar-refractivity contribution in [3.8, 4) is 0 Å². The molecule has 5 nitrogen and oxygen atoms in total. The minimum absolute atomic E-state index is 0.0883. The largest absolute Gasteiger partial charge is 0.481 e. The lowest BCUT2D eigenvalue weighted by Crippen LogP contribution is -2.51. The number of nitrogens with zero attached hydrogens (tertiary/aromatic N) is 2. The molecule has 2 amide bonds. The van der Waals surface area contributed by atoms with Gasteiger partial charge in [-0.15, -0.1) is 0 Å². The summed E-state index contributed by atoms with van der Waals surface area (Å²) in [4.78, 5) is 27.6. The van der Waals surface area contributed by atoms with Crippen LogP contribution in [0.4, 0.5) is 4.79 Å². The Kier molecular flexibility index (Phi) is 3.85. The van der Waals surface area contributed by atoms with Gasteiger partial charge in [-0.2, -0.15) is 0 Å². The standard InChI is InChI=1S/C15H24N2O3/c18-14(19)12-5-3-8-16(10-12)15(20)17-9-7-11-4-1-2-6-13(11)17/h11-13H,1-10H2,(H,18,19)/t11?,12-,13?/m1/s1. The fourth-order valence-electron chi connectivity index (χ4n) is 4.18. The number of urea groups is 1. The van der Waals surface area contributed by atoms with Gasteiger partial charge in [-0.1, -0.05) is 12.8 Å². The number of hydrogen-bond acceptors (Lipinski definition) is 2. The number of carboxylic acid groups (broad SMARTS) is 1. The van der Waals surface area contributed by atoms with Crippen molar-refractivity contribution in [1.82, 2.24) is 9.80 Å². The molecule has 112 valence electrons. The van der Waals surface area contributed by atoms with E-state index in [1.165, 1.54) is 19.3 Å². The summed E-state index contributed by atoms with van der Waals surface area (Å²) in [5.74, 6) is -0.454. The van der Waals surface area contributed by atoms with E-state index in [-0.39, 0.29) is 11.9 Å². The molecule has 3 fully saturated rings. The number of likely N-dealkylation sites (tertiary alicyclic amines) is 2. The Morgan fingerprint density at radius 3 is 2.55 bits per heavy atom. The van der Waals surface area contributed by atoms with Crippen molar-refractivity contribution >= 4 is 12.0 Å². The molecule has 0 aromatic carbocycles. The van der Waals surface area contributed by atoms with Gasteiger partial charge in [0.2, 0.25) is 0 Å². The van der Waals surface area contributed by atoms with Gasteiger partial charge in [-0.25, -0.2) is 4.79 Å². The zero-order valence-electron chi connectivity index (χ0n) is 12.0. The van der Waals surface area contributed by atoms with E-state index in [0.717, 1.165) is 32.4 Å². The molecule has 0 bridgehead atoms. The van der Waals surface area contributed by atoms with Gasteiger partial charge in [0, 0.05) is 25.7 Å². The summed E-state index contributed by atoms with van der Waals surface area (Å²) in [5.41, 5.74) is 0. The van der Waals surface area contributed by atoms with E-state index in [0.29, 0.717) is 24.9 Å². The van der Waals surface area contributed by atoms with Gasteiger partial charge in [0.25, 0.3) is 0 Å². The lowest BCUT2D eigenvalue weighted by atomic mass is 9.85. The third-order valence-electron chi connectivity index (χ3n) is 5.30. The van der Waals surface area contributed by atoms with Crippen molar-refractivity contribution in [3.63, 3.8) is 0 Å². The molecule has 2 heterocycles. The smallest absolute Gasteiger partial charge is 0.320 e. The molecular formula is C15H24N2O3. The maximum atomic E-state index is 12.7. The van der Waals surface area contributed by atoms with Gasteiger partial charge in [0.1, 0.15) is 0 Å². The van der Waals surface area contributed by atoms with Gasteiger partial charge < -0.3 is 14.9 Å². The molecule has 0 aromatic heterocycles. The first-order chi connectivity index (χ1) is 9.66. The second-order valence-corrected chi connectivity index (χ2v) is 6.50. The molecule has 1 N–H and O–H groups in total. The summed E-state index contributed by atoms with van der Waals surface area (Å²) in [6, 6.07) is 0.506. The zero-order valence-corrected chi connectivity index (χ0v) is 12.0. The molecule has 20 heavy (non-hydrogen) atoms. The van der Waals surface area contributed by atoms with Crippen LogP contribution in [0.15, 0.2) is 0 Å². The van der Waals surface area contributed by atoms with Crippen LogP contribution >= 0.6 is 0 Å². The van der Waals surface area contributed by atoms with Gasteiger partial charge in [-0.3, -0.25) is 4.79 Å². The number of rotatable bonds is 1. The van der Waals surface area contributed by atoms with Crippen LogP contribution in [0.1, 0.15) is 44.9 Å². The highest BCUT2D eigenvalue weighted by atomic mass is 16.4. The van der Waals surface area contributed by atoms with Crippen LogP contribution in [0.25, 0.3) is 0 Å². The molecule has 3 aliphatic rings. The number of fused-ring (bicyclic) bond motifs is 1. The lowest BCUT2D eigenvalue weighted by molar-refractivity contribution is -0.143. The molecule has 0 spiro atoms. The first-order valence-corrected chi connectivity index (χ1v) is 7.95. The summed E-state index contributed by atoms with van der Waals surface area (Å²) < 4.78 is 0. The molecule has 2 aliphatic heterocycles. The second-order valence-electron chi connectivity index (χ2n) is 6.50. The number of hydrogen-bond donors (Lipinski definition) is 1. The lowest BCUT2D eigenvalue weighted by Gasteiger charge is -2.38. The maximum absolute atomic E-state index is 12.7. The first kappa shape index (κ1) is 13.7. The van der Waals surface area contributed by atoms with Crippen LogP contribution < -0.4 is 0 Å². The van der Waals surface area contributed by atoms with Crippen LogP contribution in [-0.4, -0.2) is 52.6 Å². The molecule has 3 rings (SSSR count). The SMILES string of the molecule is O=C(O)[C@@H]1CCCN(C(=O)N2CCC3CCCCC32)C1. The van der Waals surface area contributed by atoms with Crippen molar-refractivity contribution in [2.75, 3.05) is 19.6 Å². The third-order valence-corrected chi connectivity index (χ3v) is 5.30. The van der Waals surface area contributed by atoms with Crippen LogP contribution in [0.2, 0.25) is 0 Å². The molecule has 2 unspecified atom stereocenters. The fraction of sp³-hybridized carbons (Fsp3) is 0.867. The summed E-state index contributed by atoms with van der Waals surface area (Å²) in [5, 5.41) is 9.14. The number of aliphatic carboxylic acids is 1. The molecular weight excluding hydrogens is 256 g/mol. The van der Waals surface area contributed by atoms with E-state index in [9.17, 15) is 9.59 Å². The predicted octanol–water partition coefficient (Wildman–Crippen LogP) is 2.17.